The Labute approximate surface area is 170 Å². The van der Waals surface area contributed by atoms with Gasteiger partial charge < -0.3 is 15.8 Å². The number of rotatable bonds is 6. The quantitative estimate of drug-likeness (QED) is 0.283. The van der Waals surface area contributed by atoms with Crippen LogP contribution in [0.1, 0.15) is 16.1 Å². The number of halogens is 6. The van der Waals surface area contributed by atoms with E-state index in [1.54, 1.807) is 6.07 Å². The Morgan fingerprint density at radius 2 is 2.03 bits per heavy atom. The number of amidine groups is 1. The number of nitrogens with one attached hydrogen (secondary N) is 1. The molecule has 1 atom stereocenters. The van der Waals surface area contributed by atoms with Crippen LogP contribution in [-0.2, 0) is 11.2 Å². The fourth-order valence-electron chi connectivity index (χ4n) is 2.18. The van der Waals surface area contributed by atoms with Gasteiger partial charge in [0.2, 0.25) is 6.10 Å². The maximum atomic E-state index is 14.0. The Hall–Kier alpha value is -2.76. The highest BCUT2D eigenvalue weighted by Gasteiger charge is 2.42. The van der Waals surface area contributed by atoms with Crippen molar-refractivity contribution in [2.24, 2.45) is 10.7 Å². The summed E-state index contributed by atoms with van der Waals surface area (Å²) in [4.78, 5) is 18.9. The van der Waals surface area contributed by atoms with Gasteiger partial charge in [0.1, 0.15) is 11.5 Å². The number of carbonyl (C=O) groups is 1. The average Bonchev–Trinajstić information content (AvgIpc) is 2.63. The fraction of sp³-hybridized carbons (Fsp3) is 0.235. The number of hydrogen-bond donors (Lipinski definition) is 2. The molecule has 0 aliphatic carbocycles. The van der Waals surface area contributed by atoms with Gasteiger partial charge in [-0.1, -0.05) is 0 Å². The lowest BCUT2D eigenvalue weighted by molar-refractivity contribution is -0.198. The van der Waals surface area contributed by atoms with Gasteiger partial charge in [0.15, 0.2) is 6.80 Å². The predicted octanol–water partition coefficient (Wildman–Crippen LogP) is 3.97. The van der Waals surface area contributed by atoms with E-state index in [9.17, 15) is 26.7 Å². The van der Waals surface area contributed by atoms with E-state index in [1.165, 1.54) is 18.3 Å². The van der Waals surface area contributed by atoms with Crippen molar-refractivity contribution in [3.63, 3.8) is 0 Å². The van der Waals surface area contributed by atoms with Gasteiger partial charge in [-0.25, -0.2) is 18.8 Å². The van der Waals surface area contributed by atoms with E-state index in [-0.39, 0.29) is 11.4 Å². The van der Waals surface area contributed by atoms with Gasteiger partial charge in [-0.15, -0.1) is 0 Å². The Kier molecular flexibility index (Phi) is 7.48. The van der Waals surface area contributed by atoms with Crippen molar-refractivity contribution in [2.45, 2.75) is 18.7 Å². The highest BCUT2D eigenvalue weighted by Crippen LogP contribution is 2.28. The van der Waals surface area contributed by atoms with Crippen LogP contribution in [0.15, 0.2) is 46.0 Å². The standard InChI is InChI=1S/C17H14BrF5N4O2/c18-10-1-4-13(25-7-10)15(28)27-11-2-3-12(20)9(5-11)6-14(17(21,22)23)29-16(24)26-8-19/h1-5,7,14H,6,8H2,(H2,24,26)(H,27,28)/t14-/m0/s1. The summed E-state index contributed by atoms with van der Waals surface area (Å²) in [5.74, 6) is -1.60. The molecule has 12 heteroatoms. The first kappa shape index (κ1) is 22.5. The minimum Gasteiger partial charge on any atom is -0.452 e. The molecule has 0 bridgehead atoms. The number of nitrogens with zero attached hydrogens (tertiary/aromatic N) is 2. The molecule has 2 aromatic rings. The predicted molar refractivity (Wildman–Crippen MR) is 98.5 cm³/mol. The van der Waals surface area contributed by atoms with E-state index in [0.717, 1.165) is 12.1 Å². The monoisotopic (exact) mass is 480 g/mol. The first-order chi connectivity index (χ1) is 13.6. The lowest BCUT2D eigenvalue weighted by Crippen LogP contribution is -2.38. The zero-order valence-electron chi connectivity index (χ0n) is 14.5. The van der Waals surface area contributed by atoms with Crippen molar-refractivity contribution >= 4 is 33.5 Å². The van der Waals surface area contributed by atoms with Gasteiger partial charge in [-0.3, -0.25) is 4.79 Å². The van der Waals surface area contributed by atoms with Gasteiger partial charge in [-0.05, 0) is 51.8 Å². The molecule has 1 aromatic heterocycles. The Morgan fingerprint density at radius 3 is 2.62 bits per heavy atom. The van der Waals surface area contributed by atoms with E-state index in [4.69, 9.17) is 5.73 Å². The molecule has 0 fully saturated rings. The number of amides is 1. The smallest absolute Gasteiger partial charge is 0.425 e. The van der Waals surface area contributed by atoms with Crippen molar-refractivity contribution < 1.29 is 31.5 Å². The third kappa shape index (κ3) is 6.66. The first-order valence-electron chi connectivity index (χ1n) is 7.90. The Morgan fingerprint density at radius 1 is 1.31 bits per heavy atom. The maximum Gasteiger partial charge on any atom is 0.425 e. The first-order valence-corrected chi connectivity index (χ1v) is 8.70. The van der Waals surface area contributed by atoms with Crippen LogP contribution in [0.5, 0.6) is 0 Å². The van der Waals surface area contributed by atoms with E-state index < -0.39 is 48.8 Å². The molecule has 0 aliphatic rings. The lowest BCUT2D eigenvalue weighted by Gasteiger charge is -2.21. The zero-order chi connectivity index (χ0) is 21.6. The molecule has 1 aromatic carbocycles. The Bertz CT molecular complexity index is 890. The van der Waals surface area contributed by atoms with Crippen LogP contribution in [0.3, 0.4) is 0 Å². The third-order valence-electron chi connectivity index (χ3n) is 3.51. The molecule has 3 N–H and O–H groups in total. The number of ether oxygens (including phenoxy) is 1. The zero-order valence-corrected chi connectivity index (χ0v) is 16.1. The summed E-state index contributed by atoms with van der Waals surface area (Å²) < 4.78 is 70.7. The summed E-state index contributed by atoms with van der Waals surface area (Å²) in [5.41, 5.74) is 4.76. The van der Waals surface area contributed by atoms with Gasteiger partial charge in [-0.2, -0.15) is 13.2 Å². The van der Waals surface area contributed by atoms with Crippen molar-refractivity contribution in [1.29, 1.82) is 0 Å². The molecule has 0 saturated carbocycles. The summed E-state index contributed by atoms with van der Waals surface area (Å²) in [6.07, 6.45) is -7.08. The summed E-state index contributed by atoms with van der Waals surface area (Å²) in [6, 6.07) is 5.08. The van der Waals surface area contributed by atoms with Crippen molar-refractivity contribution in [2.75, 3.05) is 12.1 Å². The molecule has 0 unspecified atom stereocenters. The van der Waals surface area contributed by atoms with E-state index in [2.05, 4.69) is 36.0 Å². The van der Waals surface area contributed by atoms with Crippen LogP contribution < -0.4 is 11.1 Å². The number of alkyl halides is 4. The maximum absolute atomic E-state index is 14.0. The molecule has 2 rings (SSSR count). The van der Waals surface area contributed by atoms with Crippen molar-refractivity contribution in [3.8, 4) is 0 Å². The molecule has 0 spiro atoms. The summed E-state index contributed by atoms with van der Waals surface area (Å²) >= 11 is 3.17. The molecule has 0 radical (unpaired) electrons. The molecular formula is C17H14BrF5N4O2. The van der Waals surface area contributed by atoms with Gasteiger partial charge in [0.05, 0.1) is 0 Å². The highest BCUT2D eigenvalue weighted by atomic mass is 79.9. The summed E-state index contributed by atoms with van der Waals surface area (Å²) in [6.45, 7) is -1.36. The van der Waals surface area contributed by atoms with Crippen LogP contribution in [0.25, 0.3) is 0 Å². The number of carbonyl (C=O) groups excluding carboxylic acids is 1. The van der Waals surface area contributed by atoms with Gasteiger partial charge in [0, 0.05) is 22.8 Å². The van der Waals surface area contributed by atoms with Crippen LogP contribution in [0.2, 0.25) is 0 Å². The second-order valence-electron chi connectivity index (χ2n) is 5.59. The van der Waals surface area contributed by atoms with E-state index in [1.807, 2.05) is 0 Å². The third-order valence-corrected chi connectivity index (χ3v) is 3.98. The molecular weight excluding hydrogens is 467 g/mol. The molecule has 6 nitrogen and oxygen atoms in total. The molecule has 0 saturated heterocycles. The number of aliphatic imine (C=N–C) groups is 1. The second kappa shape index (κ2) is 9.63. The number of nitrogens with two attached hydrogens (primary N) is 1. The highest BCUT2D eigenvalue weighted by molar-refractivity contribution is 9.10. The number of anilines is 1. The van der Waals surface area contributed by atoms with Gasteiger partial charge >= 0.3 is 6.18 Å². The van der Waals surface area contributed by atoms with Crippen LogP contribution >= 0.6 is 15.9 Å². The molecule has 1 amide bonds. The largest absolute Gasteiger partial charge is 0.452 e. The topological polar surface area (TPSA) is 89.6 Å². The number of pyridine rings is 1. The average molecular weight is 481 g/mol. The summed E-state index contributed by atoms with van der Waals surface area (Å²) in [5, 5.41) is 2.41. The molecule has 0 aliphatic heterocycles. The normalized spacial score (nSPS) is 13.1. The number of hydrogen-bond acceptors (Lipinski definition) is 4. The second-order valence-corrected chi connectivity index (χ2v) is 6.51. The van der Waals surface area contributed by atoms with E-state index >= 15 is 0 Å². The lowest BCUT2D eigenvalue weighted by atomic mass is 10.1. The number of aromatic nitrogens is 1. The van der Waals surface area contributed by atoms with E-state index in [0.29, 0.717) is 4.47 Å². The SMILES string of the molecule is NC(=NCF)O[C@@H](Cc1cc(NC(=O)c2ccc(Br)cn2)ccc1F)C(F)(F)F. The van der Waals surface area contributed by atoms with Crippen LogP contribution in [0, 0.1) is 5.82 Å². The fourth-order valence-corrected chi connectivity index (χ4v) is 2.41. The Balaban J connectivity index is 2.21. The number of benzene rings is 1. The van der Waals surface area contributed by atoms with Crippen molar-refractivity contribution in [3.05, 3.63) is 58.1 Å². The van der Waals surface area contributed by atoms with Crippen LogP contribution in [0.4, 0.5) is 27.6 Å². The minimum atomic E-state index is -4.93. The summed E-state index contributed by atoms with van der Waals surface area (Å²) in [7, 11) is 0. The minimum absolute atomic E-state index is 0.0439. The van der Waals surface area contributed by atoms with Crippen LogP contribution in [-0.4, -0.2) is 36.0 Å². The molecule has 156 valence electrons. The van der Waals surface area contributed by atoms with Crippen molar-refractivity contribution in [1.82, 2.24) is 4.98 Å². The molecule has 1 heterocycles. The molecule has 29 heavy (non-hydrogen) atoms. The van der Waals surface area contributed by atoms with Gasteiger partial charge in [0.25, 0.3) is 11.9 Å².